The van der Waals surface area contributed by atoms with E-state index in [9.17, 15) is 36.2 Å². The molecule has 0 spiro atoms. The third-order valence-electron chi connectivity index (χ3n) is 4.32. The van der Waals surface area contributed by atoms with Crippen LogP contribution in [0.2, 0.25) is 0 Å². The molecule has 0 fully saturated rings. The zero-order chi connectivity index (χ0) is 20.8. The Bertz CT molecular complexity index is 1090. The Labute approximate surface area is 157 Å². The predicted molar refractivity (Wildman–Crippen MR) is 96.5 cm³/mol. The third-order valence-corrected chi connectivity index (χ3v) is 6.16. The number of hydrogen-bond donors (Lipinski definition) is 4. The molecule has 148 valence electrons. The van der Waals surface area contributed by atoms with Crippen LogP contribution in [-0.4, -0.2) is 36.2 Å². The average molecular weight is 416 g/mol. The van der Waals surface area contributed by atoms with Gasteiger partial charge in [0.15, 0.2) is 5.79 Å². The molecule has 0 aromatic heterocycles. The Morgan fingerprint density at radius 1 is 0.815 bits per heavy atom. The molecule has 4 N–H and O–H groups in total. The van der Waals surface area contributed by atoms with Crippen molar-refractivity contribution in [1.82, 2.24) is 0 Å². The van der Waals surface area contributed by atoms with Crippen LogP contribution in [0.25, 0.3) is 0 Å². The lowest BCUT2D eigenvalue weighted by Gasteiger charge is -2.31. The Morgan fingerprint density at radius 3 is 1.74 bits per heavy atom. The molecule has 0 radical (unpaired) electrons. The van der Waals surface area contributed by atoms with Crippen LogP contribution in [0, 0.1) is 13.8 Å². The first-order valence-electron chi connectivity index (χ1n) is 7.77. The van der Waals surface area contributed by atoms with Gasteiger partial charge in [-0.05, 0) is 37.6 Å². The molecule has 1 atom stereocenters. The zero-order valence-electron chi connectivity index (χ0n) is 14.8. The van der Waals surface area contributed by atoms with Crippen molar-refractivity contribution in [2.75, 3.05) is 0 Å². The molecular weight excluding hydrogens is 396 g/mol. The van der Waals surface area contributed by atoms with Gasteiger partial charge in [-0.3, -0.25) is 9.11 Å². The molecule has 0 saturated heterocycles. The van der Waals surface area contributed by atoms with Crippen molar-refractivity contribution in [1.29, 1.82) is 0 Å². The monoisotopic (exact) mass is 416 g/mol. The number of aryl methyl sites for hydroxylation is 2. The molecular formula is C17H20O8S2. The maximum atomic E-state index is 11.7. The van der Waals surface area contributed by atoms with Crippen molar-refractivity contribution in [3.05, 3.63) is 58.7 Å². The summed E-state index contributed by atoms with van der Waals surface area (Å²) < 4.78 is 65.5. The Balaban J connectivity index is 2.77. The molecule has 1 unspecified atom stereocenters. The number of benzene rings is 2. The minimum atomic E-state index is -4.78. The molecule has 0 bridgehead atoms. The summed E-state index contributed by atoms with van der Waals surface area (Å²) in [6.07, 6.45) is 0. The van der Waals surface area contributed by atoms with Gasteiger partial charge in [0.2, 0.25) is 0 Å². The SMILES string of the molecule is Cc1ccc(S(=O)(=O)O)c(C(C)C(O)(O)c2cc(C)ccc2S(=O)(=O)O)c1. The van der Waals surface area contributed by atoms with Gasteiger partial charge in [-0.15, -0.1) is 0 Å². The van der Waals surface area contributed by atoms with Gasteiger partial charge in [-0.2, -0.15) is 16.8 Å². The lowest BCUT2D eigenvalue weighted by molar-refractivity contribution is -0.187. The Hall–Kier alpha value is -1.82. The highest BCUT2D eigenvalue weighted by molar-refractivity contribution is 7.86. The maximum Gasteiger partial charge on any atom is 0.294 e. The van der Waals surface area contributed by atoms with E-state index in [-0.39, 0.29) is 5.56 Å². The van der Waals surface area contributed by atoms with E-state index in [2.05, 4.69) is 0 Å². The van der Waals surface area contributed by atoms with Crippen LogP contribution >= 0.6 is 0 Å². The molecule has 2 aromatic carbocycles. The van der Waals surface area contributed by atoms with Gasteiger partial charge in [-0.25, -0.2) is 0 Å². The van der Waals surface area contributed by atoms with Crippen LogP contribution in [-0.2, 0) is 26.0 Å². The normalized spacial score (nSPS) is 14.2. The second kappa shape index (κ2) is 6.97. The van der Waals surface area contributed by atoms with E-state index in [0.29, 0.717) is 11.1 Å². The molecule has 8 nitrogen and oxygen atoms in total. The van der Waals surface area contributed by atoms with Crippen LogP contribution in [0.1, 0.15) is 35.1 Å². The molecule has 0 saturated carbocycles. The standard InChI is InChI=1S/C17H20O8S2/c1-10-4-6-15(26(20,21)22)13(8-10)12(3)17(18,19)14-9-11(2)5-7-16(14)27(23,24)25/h4-9,12,18-19H,1-3H3,(H,20,21,22)(H,23,24,25). The molecule has 2 aromatic rings. The number of aliphatic hydroxyl groups is 2. The average Bonchev–Trinajstić information content (AvgIpc) is 2.51. The topological polar surface area (TPSA) is 149 Å². The van der Waals surface area contributed by atoms with Gasteiger partial charge in [0.1, 0.15) is 4.90 Å². The molecule has 2 rings (SSSR count). The van der Waals surface area contributed by atoms with E-state index in [0.717, 1.165) is 12.1 Å². The fraction of sp³-hybridized carbons (Fsp3) is 0.294. The summed E-state index contributed by atoms with van der Waals surface area (Å²) >= 11 is 0. The molecule has 27 heavy (non-hydrogen) atoms. The van der Waals surface area contributed by atoms with E-state index >= 15 is 0 Å². The second-order valence-corrected chi connectivity index (χ2v) is 9.22. The van der Waals surface area contributed by atoms with E-state index in [4.69, 9.17) is 0 Å². The van der Waals surface area contributed by atoms with Gasteiger partial charge in [0.05, 0.1) is 4.90 Å². The summed E-state index contributed by atoms with van der Waals surface area (Å²) in [4.78, 5) is -1.25. The first-order valence-corrected chi connectivity index (χ1v) is 10.6. The molecule has 0 amide bonds. The van der Waals surface area contributed by atoms with Crippen LogP contribution < -0.4 is 0 Å². The van der Waals surface area contributed by atoms with Gasteiger partial charge < -0.3 is 10.2 Å². The lowest BCUT2D eigenvalue weighted by atomic mass is 9.86. The maximum absolute atomic E-state index is 11.7. The quantitative estimate of drug-likeness (QED) is 0.425. The van der Waals surface area contributed by atoms with Gasteiger partial charge in [-0.1, -0.05) is 36.2 Å². The molecule has 0 aliphatic carbocycles. The molecule has 0 heterocycles. The highest BCUT2D eigenvalue weighted by Crippen LogP contribution is 2.40. The van der Waals surface area contributed by atoms with Crippen LogP contribution in [0.15, 0.2) is 46.2 Å². The van der Waals surface area contributed by atoms with Crippen LogP contribution in [0.3, 0.4) is 0 Å². The van der Waals surface area contributed by atoms with E-state index in [1.807, 2.05) is 0 Å². The lowest BCUT2D eigenvalue weighted by Crippen LogP contribution is -2.34. The summed E-state index contributed by atoms with van der Waals surface area (Å²) in [6.45, 7) is 4.48. The second-order valence-electron chi connectivity index (χ2n) is 6.44. The molecule has 10 heteroatoms. The summed E-state index contributed by atoms with van der Waals surface area (Å²) in [7, 11) is -9.46. The zero-order valence-corrected chi connectivity index (χ0v) is 16.4. The number of rotatable bonds is 5. The minimum Gasteiger partial charge on any atom is -0.361 e. The van der Waals surface area contributed by atoms with E-state index in [1.165, 1.54) is 31.2 Å². The van der Waals surface area contributed by atoms with Gasteiger partial charge in [0, 0.05) is 11.5 Å². The van der Waals surface area contributed by atoms with Crippen molar-refractivity contribution in [2.24, 2.45) is 0 Å². The van der Waals surface area contributed by atoms with E-state index < -0.39 is 47.3 Å². The fourth-order valence-electron chi connectivity index (χ4n) is 2.85. The summed E-state index contributed by atoms with van der Waals surface area (Å²) in [5.41, 5.74) is 0.432. The fourth-order valence-corrected chi connectivity index (χ4v) is 4.35. The first kappa shape index (κ1) is 21.5. The van der Waals surface area contributed by atoms with Crippen molar-refractivity contribution in [3.8, 4) is 0 Å². The first-order chi connectivity index (χ1) is 12.2. The highest BCUT2D eigenvalue weighted by atomic mass is 32.2. The Morgan fingerprint density at radius 2 is 1.26 bits per heavy atom. The van der Waals surface area contributed by atoms with Crippen molar-refractivity contribution >= 4 is 20.2 Å². The molecule has 0 aliphatic rings. The third kappa shape index (κ3) is 4.37. The van der Waals surface area contributed by atoms with Crippen molar-refractivity contribution in [3.63, 3.8) is 0 Å². The van der Waals surface area contributed by atoms with E-state index in [1.54, 1.807) is 13.8 Å². The number of hydrogen-bond acceptors (Lipinski definition) is 6. The Kier molecular flexibility index (Phi) is 5.54. The smallest absolute Gasteiger partial charge is 0.294 e. The minimum absolute atomic E-state index is 0.120. The van der Waals surface area contributed by atoms with Gasteiger partial charge >= 0.3 is 0 Å². The summed E-state index contributed by atoms with van der Waals surface area (Å²) in [5.74, 6) is -4.25. The van der Waals surface area contributed by atoms with Crippen molar-refractivity contribution < 1.29 is 36.2 Å². The highest BCUT2D eigenvalue weighted by Gasteiger charge is 2.40. The summed E-state index contributed by atoms with van der Waals surface area (Å²) in [6, 6.07) is 7.44. The van der Waals surface area contributed by atoms with Gasteiger partial charge in [0.25, 0.3) is 20.2 Å². The largest absolute Gasteiger partial charge is 0.361 e. The van der Waals surface area contributed by atoms with Crippen LogP contribution in [0.5, 0.6) is 0 Å². The van der Waals surface area contributed by atoms with Crippen molar-refractivity contribution in [2.45, 2.75) is 42.3 Å². The predicted octanol–water partition coefficient (Wildman–Crippen LogP) is 1.74. The van der Waals surface area contributed by atoms with Crippen LogP contribution in [0.4, 0.5) is 0 Å². The molecule has 0 aliphatic heterocycles. The summed E-state index contributed by atoms with van der Waals surface area (Å²) in [5, 5.41) is 21.5.